The summed E-state index contributed by atoms with van der Waals surface area (Å²) in [5.74, 6) is 0. The largest absolute Gasteiger partial charge is 0.384 e. The second-order valence-electron chi connectivity index (χ2n) is 4.07. The zero-order chi connectivity index (χ0) is 12.2. The molecule has 90 valence electrons. The van der Waals surface area contributed by atoms with E-state index in [1.54, 1.807) is 25.1 Å². The first-order chi connectivity index (χ1) is 7.47. The van der Waals surface area contributed by atoms with Crippen molar-refractivity contribution in [3.05, 3.63) is 33.8 Å². The minimum absolute atomic E-state index is 0.474. The van der Waals surface area contributed by atoms with Crippen LogP contribution in [0.2, 0.25) is 10.0 Å². The third-order valence-corrected chi connectivity index (χ3v) is 2.96. The van der Waals surface area contributed by atoms with E-state index in [1.807, 2.05) is 0 Å². The molecule has 0 heterocycles. The van der Waals surface area contributed by atoms with Crippen molar-refractivity contribution in [3.8, 4) is 0 Å². The summed E-state index contributed by atoms with van der Waals surface area (Å²) in [5, 5.41) is 14.5. The van der Waals surface area contributed by atoms with Crippen molar-refractivity contribution in [3.63, 3.8) is 0 Å². The van der Waals surface area contributed by atoms with E-state index in [4.69, 9.17) is 23.2 Å². The first-order valence-corrected chi connectivity index (χ1v) is 6.11. The van der Waals surface area contributed by atoms with E-state index >= 15 is 0 Å². The second-order valence-corrected chi connectivity index (χ2v) is 4.92. The van der Waals surface area contributed by atoms with E-state index in [1.165, 1.54) is 0 Å². The van der Waals surface area contributed by atoms with Gasteiger partial charge in [-0.15, -0.1) is 0 Å². The second kappa shape index (κ2) is 5.87. The molecule has 0 saturated carbocycles. The Labute approximate surface area is 107 Å². The van der Waals surface area contributed by atoms with Gasteiger partial charge in [0.15, 0.2) is 0 Å². The maximum Gasteiger partial charge on any atom is 0.101 e. The number of hydrogen-bond acceptors (Lipinski definition) is 2. The highest BCUT2D eigenvalue weighted by atomic mass is 35.5. The van der Waals surface area contributed by atoms with Gasteiger partial charge in [-0.05, 0) is 32.0 Å². The number of halogens is 2. The molecule has 1 aromatic carbocycles. The van der Waals surface area contributed by atoms with E-state index in [0.29, 0.717) is 22.2 Å². The number of hydrogen-bond donors (Lipinski definition) is 2. The SMILES string of the molecule is CCCNCC(C)(O)c1ccc(Cl)cc1Cl. The molecule has 0 bridgehead atoms. The fraction of sp³-hybridized carbons (Fsp3) is 0.500. The van der Waals surface area contributed by atoms with Crippen molar-refractivity contribution in [2.45, 2.75) is 25.9 Å². The highest BCUT2D eigenvalue weighted by Gasteiger charge is 2.25. The van der Waals surface area contributed by atoms with Crippen molar-refractivity contribution in [1.82, 2.24) is 5.32 Å². The van der Waals surface area contributed by atoms with Gasteiger partial charge in [0.05, 0.1) is 0 Å². The summed E-state index contributed by atoms with van der Waals surface area (Å²) in [7, 11) is 0. The average Bonchev–Trinajstić information content (AvgIpc) is 2.17. The molecule has 0 saturated heterocycles. The van der Waals surface area contributed by atoms with Crippen molar-refractivity contribution in [1.29, 1.82) is 0 Å². The molecule has 0 aliphatic carbocycles. The predicted molar refractivity (Wildman–Crippen MR) is 69.2 cm³/mol. The van der Waals surface area contributed by atoms with Crippen molar-refractivity contribution in [2.24, 2.45) is 0 Å². The summed E-state index contributed by atoms with van der Waals surface area (Å²) in [4.78, 5) is 0. The van der Waals surface area contributed by atoms with Crippen molar-refractivity contribution >= 4 is 23.2 Å². The maximum absolute atomic E-state index is 10.3. The summed E-state index contributed by atoms with van der Waals surface area (Å²) >= 11 is 11.9. The van der Waals surface area contributed by atoms with E-state index < -0.39 is 5.60 Å². The zero-order valence-corrected chi connectivity index (χ0v) is 11.1. The van der Waals surface area contributed by atoms with Crippen LogP contribution >= 0.6 is 23.2 Å². The van der Waals surface area contributed by atoms with Crippen LogP contribution in [-0.4, -0.2) is 18.2 Å². The Morgan fingerprint density at radius 3 is 2.62 bits per heavy atom. The summed E-state index contributed by atoms with van der Waals surface area (Å²) < 4.78 is 0. The van der Waals surface area contributed by atoms with Gasteiger partial charge in [0, 0.05) is 22.2 Å². The predicted octanol–water partition coefficient (Wildman–Crippen LogP) is 3.20. The number of benzene rings is 1. The van der Waals surface area contributed by atoms with Gasteiger partial charge in [-0.1, -0.05) is 36.2 Å². The molecule has 0 radical (unpaired) electrons. The van der Waals surface area contributed by atoms with Gasteiger partial charge in [-0.3, -0.25) is 0 Å². The number of nitrogens with one attached hydrogen (secondary N) is 1. The Balaban J connectivity index is 2.80. The van der Waals surface area contributed by atoms with E-state index in [-0.39, 0.29) is 0 Å². The molecule has 1 rings (SSSR count). The first-order valence-electron chi connectivity index (χ1n) is 5.36. The van der Waals surface area contributed by atoms with E-state index in [9.17, 15) is 5.11 Å². The molecular formula is C12H17Cl2NO. The molecule has 2 nitrogen and oxygen atoms in total. The Morgan fingerprint density at radius 1 is 1.38 bits per heavy atom. The highest BCUT2D eigenvalue weighted by Crippen LogP contribution is 2.29. The zero-order valence-electron chi connectivity index (χ0n) is 9.56. The molecule has 4 heteroatoms. The van der Waals surface area contributed by atoms with Crippen LogP contribution in [0.15, 0.2) is 18.2 Å². The first kappa shape index (κ1) is 13.8. The molecule has 1 aromatic rings. The lowest BCUT2D eigenvalue weighted by Gasteiger charge is -2.25. The van der Waals surface area contributed by atoms with Gasteiger partial charge >= 0.3 is 0 Å². The fourth-order valence-corrected chi connectivity index (χ4v) is 2.14. The van der Waals surface area contributed by atoms with Crippen LogP contribution in [0.4, 0.5) is 0 Å². The fourth-order valence-electron chi connectivity index (χ4n) is 1.53. The van der Waals surface area contributed by atoms with Gasteiger partial charge in [-0.25, -0.2) is 0 Å². The molecule has 0 amide bonds. The standard InChI is InChI=1S/C12H17Cl2NO/c1-3-6-15-8-12(2,16)10-5-4-9(13)7-11(10)14/h4-5,7,15-16H,3,6,8H2,1-2H3. The summed E-state index contributed by atoms with van der Waals surface area (Å²) in [5.41, 5.74) is -0.279. The van der Waals surface area contributed by atoms with Crippen LogP contribution in [0.3, 0.4) is 0 Å². The lowest BCUT2D eigenvalue weighted by atomic mass is 9.96. The summed E-state index contributed by atoms with van der Waals surface area (Å²) in [6, 6.07) is 5.14. The minimum atomic E-state index is -0.975. The van der Waals surface area contributed by atoms with Crippen LogP contribution < -0.4 is 5.32 Å². The number of rotatable bonds is 5. The lowest BCUT2D eigenvalue weighted by molar-refractivity contribution is 0.0573. The Kier molecular flexibility index (Phi) is 5.06. The van der Waals surface area contributed by atoms with Gasteiger partial charge in [-0.2, -0.15) is 0 Å². The van der Waals surface area contributed by atoms with Crippen LogP contribution in [0.25, 0.3) is 0 Å². The van der Waals surface area contributed by atoms with E-state index in [2.05, 4.69) is 12.2 Å². The lowest BCUT2D eigenvalue weighted by Crippen LogP contribution is -2.36. The maximum atomic E-state index is 10.3. The minimum Gasteiger partial charge on any atom is -0.384 e. The van der Waals surface area contributed by atoms with Gasteiger partial charge in [0.25, 0.3) is 0 Å². The Hall–Kier alpha value is -0.280. The molecule has 0 spiro atoms. The normalized spacial score (nSPS) is 14.8. The highest BCUT2D eigenvalue weighted by molar-refractivity contribution is 6.35. The molecule has 0 aliphatic heterocycles. The van der Waals surface area contributed by atoms with Crippen LogP contribution in [-0.2, 0) is 5.60 Å². The van der Waals surface area contributed by atoms with Gasteiger partial charge in [0.1, 0.15) is 5.60 Å². The third-order valence-electron chi connectivity index (χ3n) is 2.41. The molecule has 1 atom stereocenters. The average molecular weight is 262 g/mol. The van der Waals surface area contributed by atoms with Gasteiger partial charge in [0.2, 0.25) is 0 Å². The molecular weight excluding hydrogens is 245 g/mol. The van der Waals surface area contributed by atoms with Gasteiger partial charge < -0.3 is 10.4 Å². The third kappa shape index (κ3) is 3.63. The monoisotopic (exact) mass is 261 g/mol. The van der Waals surface area contributed by atoms with E-state index in [0.717, 1.165) is 13.0 Å². The smallest absolute Gasteiger partial charge is 0.101 e. The Morgan fingerprint density at radius 2 is 2.06 bits per heavy atom. The number of aliphatic hydroxyl groups is 1. The molecule has 0 fully saturated rings. The molecule has 16 heavy (non-hydrogen) atoms. The Bertz CT molecular complexity index is 353. The van der Waals surface area contributed by atoms with Crippen LogP contribution in [0.1, 0.15) is 25.8 Å². The molecule has 2 N–H and O–H groups in total. The van der Waals surface area contributed by atoms with Crippen molar-refractivity contribution in [2.75, 3.05) is 13.1 Å². The topological polar surface area (TPSA) is 32.3 Å². The van der Waals surface area contributed by atoms with Crippen LogP contribution in [0.5, 0.6) is 0 Å². The molecule has 1 unspecified atom stereocenters. The summed E-state index contributed by atoms with van der Waals surface area (Å²) in [6.45, 7) is 5.17. The molecule has 0 aromatic heterocycles. The molecule has 0 aliphatic rings. The van der Waals surface area contributed by atoms with Crippen LogP contribution in [0, 0.1) is 0 Å². The van der Waals surface area contributed by atoms with Crippen molar-refractivity contribution < 1.29 is 5.11 Å². The summed E-state index contributed by atoms with van der Waals surface area (Å²) in [6.07, 6.45) is 1.03. The quantitative estimate of drug-likeness (QED) is 0.799.